The molecule has 2 N–H and O–H groups in total. The minimum absolute atomic E-state index is 0.00797. The summed E-state index contributed by atoms with van der Waals surface area (Å²) in [4.78, 5) is 1.35. The summed E-state index contributed by atoms with van der Waals surface area (Å²) in [5.74, 6) is 0.225. The summed E-state index contributed by atoms with van der Waals surface area (Å²) < 4.78 is 27.2. The highest BCUT2D eigenvalue weighted by Crippen LogP contribution is 2.33. The van der Waals surface area contributed by atoms with E-state index < -0.39 is 10.0 Å². The van der Waals surface area contributed by atoms with Crippen LogP contribution in [0.2, 0.25) is 0 Å². The van der Waals surface area contributed by atoms with Gasteiger partial charge in [0.1, 0.15) is 0 Å². The average molecular weight is 314 g/mol. The minimum atomic E-state index is -3.16. The number of nitrogens with one attached hydrogen (secondary N) is 2. The standard InChI is InChI=1S/C14H22N2O2S2/c17-20(18,10-2-8-15-11-5-6-11)16-13-3-1-4-14-12(13)7-9-19-14/h7,9,11,13,15-16H,1-6,8,10H2. The molecule has 3 rings (SSSR count). The van der Waals surface area contributed by atoms with Gasteiger partial charge in [-0.3, -0.25) is 0 Å². The number of aryl methyl sites for hydroxylation is 1. The van der Waals surface area contributed by atoms with Gasteiger partial charge < -0.3 is 5.32 Å². The van der Waals surface area contributed by atoms with Crippen molar-refractivity contribution in [1.82, 2.24) is 10.0 Å². The van der Waals surface area contributed by atoms with Gasteiger partial charge in [-0.2, -0.15) is 0 Å². The van der Waals surface area contributed by atoms with Crippen LogP contribution in [-0.4, -0.2) is 26.8 Å². The molecule has 1 heterocycles. The zero-order valence-electron chi connectivity index (χ0n) is 11.6. The van der Waals surface area contributed by atoms with Gasteiger partial charge in [-0.05, 0) is 62.1 Å². The molecule has 0 amide bonds. The number of hydrogen-bond donors (Lipinski definition) is 2. The van der Waals surface area contributed by atoms with Crippen molar-refractivity contribution in [1.29, 1.82) is 0 Å². The molecule has 112 valence electrons. The summed E-state index contributed by atoms with van der Waals surface area (Å²) in [6, 6.07) is 2.71. The van der Waals surface area contributed by atoms with Crippen molar-refractivity contribution in [2.45, 2.75) is 50.6 Å². The second-order valence-electron chi connectivity index (χ2n) is 5.76. The van der Waals surface area contributed by atoms with Crippen LogP contribution in [0.1, 0.15) is 48.6 Å². The van der Waals surface area contributed by atoms with E-state index in [1.807, 2.05) is 0 Å². The Balaban J connectivity index is 1.51. The Bertz CT molecular complexity index is 549. The molecule has 0 saturated heterocycles. The Kier molecular flexibility index (Phi) is 4.45. The first kappa shape index (κ1) is 14.5. The van der Waals surface area contributed by atoms with Crippen LogP contribution < -0.4 is 10.0 Å². The summed E-state index contributed by atoms with van der Waals surface area (Å²) in [7, 11) is -3.16. The van der Waals surface area contributed by atoms with E-state index in [4.69, 9.17) is 0 Å². The fraction of sp³-hybridized carbons (Fsp3) is 0.714. The Labute approximate surface area is 125 Å². The van der Waals surface area contributed by atoms with E-state index in [1.54, 1.807) is 11.3 Å². The summed E-state index contributed by atoms with van der Waals surface area (Å²) in [5, 5.41) is 5.42. The van der Waals surface area contributed by atoms with Gasteiger partial charge in [-0.25, -0.2) is 13.1 Å². The van der Waals surface area contributed by atoms with Gasteiger partial charge in [-0.15, -0.1) is 11.3 Å². The lowest BCUT2D eigenvalue weighted by Crippen LogP contribution is -2.33. The predicted octanol–water partition coefficient (Wildman–Crippen LogP) is 2.19. The first-order chi connectivity index (χ1) is 9.64. The molecule has 1 saturated carbocycles. The van der Waals surface area contributed by atoms with Crippen LogP contribution in [0, 0.1) is 0 Å². The molecule has 1 aromatic heterocycles. The van der Waals surface area contributed by atoms with E-state index in [-0.39, 0.29) is 11.8 Å². The van der Waals surface area contributed by atoms with Crippen molar-refractivity contribution in [3.63, 3.8) is 0 Å². The zero-order valence-corrected chi connectivity index (χ0v) is 13.2. The van der Waals surface area contributed by atoms with E-state index in [0.717, 1.165) is 25.8 Å². The molecule has 0 bridgehead atoms. The highest BCUT2D eigenvalue weighted by Gasteiger charge is 2.25. The van der Waals surface area contributed by atoms with Crippen LogP contribution in [0.5, 0.6) is 0 Å². The van der Waals surface area contributed by atoms with E-state index in [0.29, 0.717) is 12.5 Å². The van der Waals surface area contributed by atoms with Crippen LogP contribution in [0.4, 0.5) is 0 Å². The minimum Gasteiger partial charge on any atom is -0.314 e. The zero-order chi connectivity index (χ0) is 14.0. The van der Waals surface area contributed by atoms with Crippen molar-refractivity contribution in [2.24, 2.45) is 0 Å². The number of rotatable bonds is 7. The van der Waals surface area contributed by atoms with Gasteiger partial charge in [-0.1, -0.05) is 0 Å². The van der Waals surface area contributed by atoms with Crippen LogP contribution in [0.3, 0.4) is 0 Å². The summed E-state index contributed by atoms with van der Waals surface area (Å²) in [6.45, 7) is 0.806. The molecule has 2 aliphatic rings. The van der Waals surface area contributed by atoms with Gasteiger partial charge in [0.05, 0.1) is 5.75 Å². The maximum absolute atomic E-state index is 12.2. The topological polar surface area (TPSA) is 58.2 Å². The largest absolute Gasteiger partial charge is 0.314 e. The second kappa shape index (κ2) is 6.13. The molecule has 1 fully saturated rings. The molecule has 1 aromatic rings. The van der Waals surface area contributed by atoms with E-state index in [2.05, 4.69) is 21.5 Å². The van der Waals surface area contributed by atoms with E-state index >= 15 is 0 Å². The van der Waals surface area contributed by atoms with Crippen LogP contribution in [-0.2, 0) is 16.4 Å². The fourth-order valence-electron chi connectivity index (χ4n) is 2.74. The third-order valence-corrected chi connectivity index (χ3v) is 6.44. The predicted molar refractivity (Wildman–Crippen MR) is 82.6 cm³/mol. The molecule has 1 unspecified atom stereocenters. The van der Waals surface area contributed by atoms with Gasteiger partial charge in [0, 0.05) is 17.0 Å². The average Bonchev–Trinajstić information content (AvgIpc) is 3.10. The summed E-state index contributed by atoms with van der Waals surface area (Å²) >= 11 is 1.74. The van der Waals surface area contributed by atoms with Crippen molar-refractivity contribution in [3.8, 4) is 0 Å². The van der Waals surface area contributed by atoms with Crippen LogP contribution >= 0.6 is 11.3 Å². The maximum Gasteiger partial charge on any atom is 0.212 e. The Morgan fingerprint density at radius 1 is 1.30 bits per heavy atom. The highest BCUT2D eigenvalue weighted by atomic mass is 32.2. The van der Waals surface area contributed by atoms with Gasteiger partial charge in [0.2, 0.25) is 10.0 Å². The highest BCUT2D eigenvalue weighted by molar-refractivity contribution is 7.89. The number of fused-ring (bicyclic) bond motifs is 1. The molecule has 0 aliphatic heterocycles. The molecule has 2 aliphatic carbocycles. The summed E-state index contributed by atoms with van der Waals surface area (Å²) in [5.41, 5.74) is 1.20. The fourth-order valence-corrected chi connectivity index (χ4v) is 5.05. The maximum atomic E-state index is 12.2. The van der Waals surface area contributed by atoms with E-state index in [9.17, 15) is 8.42 Å². The number of hydrogen-bond acceptors (Lipinski definition) is 4. The third-order valence-electron chi connectivity index (χ3n) is 3.97. The lowest BCUT2D eigenvalue weighted by molar-refractivity contribution is 0.509. The Morgan fingerprint density at radius 2 is 2.15 bits per heavy atom. The van der Waals surface area contributed by atoms with E-state index in [1.165, 1.54) is 23.3 Å². The first-order valence-corrected chi connectivity index (χ1v) is 9.97. The smallest absolute Gasteiger partial charge is 0.212 e. The molecule has 20 heavy (non-hydrogen) atoms. The SMILES string of the molecule is O=S(=O)(CCCNC1CC1)NC1CCCc2sccc21. The number of sulfonamides is 1. The van der Waals surface area contributed by atoms with Crippen molar-refractivity contribution >= 4 is 21.4 Å². The molecule has 4 nitrogen and oxygen atoms in total. The quantitative estimate of drug-likeness (QED) is 0.759. The van der Waals surface area contributed by atoms with Gasteiger partial charge >= 0.3 is 0 Å². The molecule has 6 heteroatoms. The molecule has 0 spiro atoms. The monoisotopic (exact) mass is 314 g/mol. The molecule has 0 radical (unpaired) electrons. The second-order valence-corrected chi connectivity index (χ2v) is 8.64. The van der Waals surface area contributed by atoms with Crippen molar-refractivity contribution < 1.29 is 8.42 Å². The van der Waals surface area contributed by atoms with Gasteiger partial charge in [0.25, 0.3) is 0 Å². The molecule has 0 aromatic carbocycles. The Morgan fingerprint density at radius 3 is 2.95 bits per heavy atom. The number of thiophene rings is 1. The van der Waals surface area contributed by atoms with Crippen LogP contribution in [0.25, 0.3) is 0 Å². The first-order valence-electron chi connectivity index (χ1n) is 7.44. The van der Waals surface area contributed by atoms with Crippen molar-refractivity contribution in [3.05, 3.63) is 21.9 Å². The molecule has 1 atom stereocenters. The molecular weight excluding hydrogens is 292 g/mol. The summed E-state index contributed by atoms with van der Waals surface area (Å²) in [6.07, 6.45) is 6.26. The normalized spacial score (nSPS) is 22.7. The lowest BCUT2D eigenvalue weighted by Gasteiger charge is -2.23. The Hall–Kier alpha value is -0.430. The molecular formula is C14H22N2O2S2. The van der Waals surface area contributed by atoms with Gasteiger partial charge in [0.15, 0.2) is 0 Å². The van der Waals surface area contributed by atoms with Crippen LogP contribution in [0.15, 0.2) is 11.4 Å². The lowest BCUT2D eigenvalue weighted by atomic mass is 9.95. The third kappa shape index (κ3) is 3.81. The van der Waals surface area contributed by atoms with Crippen molar-refractivity contribution in [2.75, 3.05) is 12.3 Å².